The number of likely N-dealkylation sites (N-methyl/N-ethyl adjacent to an activating group) is 1. The van der Waals surface area contributed by atoms with Crippen LogP contribution in [-0.4, -0.2) is 69.8 Å². The van der Waals surface area contributed by atoms with Crippen LogP contribution in [0.2, 0.25) is 0 Å². The van der Waals surface area contributed by atoms with Gasteiger partial charge in [0.2, 0.25) is 0 Å². The molecule has 0 aromatic heterocycles. The number of rotatable bonds is 8. The summed E-state index contributed by atoms with van der Waals surface area (Å²) in [6.45, 7) is 6.14. The summed E-state index contributed by atoms with van der Waals surface area (Å²) >= 11 is 0. The lowest BCUT2D eigenvalue weighted by atomic mass is 9.84. The highest BCUT2D eigenvalue weighted by Gasteiger charge is 2.33. The van der Waals surface area contributed by atoms with Gasteiger partial charge in [0, 0.05) is 31.2 Å². The van der Waals surface area contributed by atoms with Gasteiger partial charge in [-0.1, -0.05) is 12.1 Å². The molecule has 3 saturated heterocycles. The van der Waals surface area contributed by atoms with Crippen molar-refractivity contribution in [3.8, 4) is 11.5 Å². The first-order valence-electron chi connectivity index (χ1n) is 9.06. The summed E-state index contributed by atoms with van der Waals surface area (Å²) in [5, 5.41) is 3.77. The normalized spacial score (nSPS) is 25.9. The second kappa shape index (κ2) is 8.19. The van der Waals surface area contributed by atoms with Crippen LogP contribution in [0, 0.1) is 5.92 Å². The first kappa shape index (κ1) is 17.5. The minimum atomic E-state index is 0.605. The molecule has 1 aromatic rings. The number of nitrogens with zero attached hydrogens (tertiary/aromatic N) is 2. The molecule has 0 saturated carbocycles. The van der Waals surface area contributed by atoms with Crippen molar-refractivity contribution in [3.63, 3.8) is 0 Å². The summed E-state index contributed by atoms with van der Waals surface area (Å²) in [5.41, 5.74) is 1.18. The lowest BCUT2D eigenvalue weighted by Gasteiger charge is -2.45. The van der Waals surface area contributed by atoms with Crippen molar-refractivity contribution in [2.24, 2.45) is 5.92 Å². The maximum absolute atomic E-state index is 6.05. The van der Waals surface area contributed by atoms with E-state index < -0.39 is 0 Å². The lowest BCUT2D eigenvalue weighted by molar-refractivity contribution is 0.0718. The number of fused-ring (bicyclic) bond motifs is 3. The van der Waals surface area contributed by atoms with E-state index in [0.717, 1.165) is 30.5 Å². The Labute approximate surface area is 145 Å². The van der Waals surface area contributed by atoms with Crippen LogP contribution in [0.4, 0.5) is 0 Å². The summed E-state index contributed by atoms with van der Waals surface area (Å²) in [5.74, 6) is 2.54. The van der Waals surface area contributed by atoms with Crippen LogP contribution in [0.25, 0.3) is 0 Å². The molecule has 0 amide bonds. The van der Waals surface area contributed by atoms with E-state index in [1.54, 1.807) is 7.11 Å². The van der Waals surface area contributed by atoms with Gasteiger partial charge in [-0.15, -0.1) is 0 Å². The molecule has 3 heterocycles. The molecule has 3 aliphatic heterocycles. The fourth-order valence-corrected chi connectivity index (χ4v) is 3.79. The molecule has 4 rings (SSSR count). The summed E-state index contributed by atoms with van der Waals surface area (Å²) in [7, 11) is 5.82. The number of hydrogen-bond acceptors (Lipinski definition) is 5. The number of hydrogen-bond donors (Lipinski definition) is 1. The molecule has 0 radical (unpaired) electrons. The van der Waals surface area contributed by atoms with Gasteiger partial charge in [-0.3, -0.25) is 0 Å². The van der Waals surface area contributed by atoms with E-state index in [0.29, 0.717) is 12.6 Å². The maximum Gasteiger partial charge on any atom is 0.165 e. The molecule has 2 bridgehead atoms. The Morgan fingerprint density at radius 2 is 2.04 bits per heavy atom. The molecular weight excluding hydrogens is 302 g/mol. The average molecular weight is 333 g/mol. The summed E-state index contributed by atoms with van der Waals surface area (Å²) in [6, 6.07) is 6.77. The third-order valence-electron chi connectivity index (χ3n) is 5.28. The monoisotopic (exact) mass is 333 g/mol. The number of piperidine rings is 3. The van der Waals surface area contributed by atoms with E-state index in [1.807, 2.05) is 12.1 Å². The fourth-order valence-electron chi connectivity index (χ4n) is 3.79. The van der Waals surface area contributed by atoms with Crippen LogP contribution in [0.5, 0.6) is 11.5 Å². The summed E-state index contributed by atoms with van der Waals surface area (Å²) in [4.78, 5) is 4.71. The van der Waals surface area contributed by atoms with Crippen molar-refractivity contribution < 1.29 is 9.47 Å². The van der Waals surface area contributed by atoms with E-state index in [-0.39, 0.29) is 0 Å². The predicted octanol–water partition coefficient (Wildman–Crippen LogP) is 1.82. The van der Waals surface area contributed by atoms with Gasteiger partial charge < -0.3 is 24.6 Å². The van der Waals surface area contributed by atoms with E-state index >= 15 is 0 Å². The number of benzene rings is 1. The van der Waals surface area contributed by atoms with Gasteiger partial charge in [-0.2, -0.15) is 0 Å². The third-order valence-corrected chi connectivity index (χ3v) is 5.28. The van der Waals surface area contributed by atoms with E-state index in [9.17, 15) is 0 Å². The fraction of sp³-hybridized carbons (Fsp3) is 0.684. The maximum atomic E-state index is 6.05. The largest absolute Gasteiger partial charge is 0.493 e. The second-order valence-electron chi connectivity index (χ2n) is 7.23. The molecule has 1 aromatic carbocycles. The topological polar surface area (TPSA) is 37.0 Å². The average Bonchev–Trinajstić information content (AvgIpc) is 2.61. The van der Waals surface area contributed by atoms with E-state index in [1.165, 1.54) is 38.0 Å². The third kappa shape index (κ3) is 4.21. The Balaban J connectivity index is 1.63. The quantitative estimate of drug-likeness (QED) is 0.785. The molecule has 1 N–H and O–H groups in total. The Morgan fingerprint density at radius 1 is 1.25 bits per heavy atom. The number of ether oxygens (including phenoxy) is 2. The lowest BCUT2D eigenvalue weighted by Crippen LogP contribution is -2.55. The highest BCUT2D eigenvalue weighted by Crippen LogP contribution is 2.32. The van der Waals surface area contributed by atoms with Crippen molar-refractivity contribution in [1.29, 1.82) is 0 Å². The van der Waals surface area contributed by atoms with Crippen LogP contribution in [0.3, 0.4) is 0 Å². The van der Waals surface area contributed by atoms with Crippen LogP contribution >= 0.6 is 0 Å². The van der Waals surface area contributed by atoms with Crippen LogP contribution < -0.4 is 14.8 Å². The van der Waals surface area contributed by atoms with Gasteiger partial charge in [-0.25, -0.2) is 0 Å². The van der Waals surface area contributed by atoms with Crippen molar-refractivity contribution in [1.82, 2.24) is 15.1 Å². The first-order valence-corrected chi connectivity index (χ1v) is 9.06. The zero-order valence-electron chi connectivity index (χ0n) is 15.3. The van der Waals surface area contributed by atoms with E-state index in [2.05, 4.69) is 35.3 Å². The highest BCUT2D eigenvalue weighted by molar-refractivity contribution is 5.46. The van der Waals surface area contributed by atoms with Gasteiger partial charge >= 0.3 is 0 Å². The standard InChI is InChI=1S/C19H31N3O2/c1-21(2)11-12-24-19-16(5-4-6-18(19)23-3)13-20-17-14-22-9-7-15(17)8-10-22/h4-6,15,17,20H,7-14H2,1-3H3/t17-/m0/s1. The molecule has 0 unspecified atom stereocenters. The molecule has 0 aliphatic carbocycles. The minimum Gasteiger partial charge on any atom is -0.493 e. The number of nitrogens with one attached hydrogen (secondary N) is 1. The van der Waals surface area contributed by atoms with Crippen LogP contribution in [0.1, 0.15) is 18.4 Å². The van der Waals surface area contributed by atoms with Gasteiger partial charge in [0.1, 0.15) is 6.61 Å². The zero-order valence-corrected chi connectivity index (χ0v) is 15.3. The Bertz CT molecular complexity index is 527. The Kier molecular flexibility index (Phi) is 5.98. The molecule has 1 atom stereocenters. The smallest absolute Gasteiger partial charge is 0.165 e. The van der Waals surface area contributed by atoms with Crippen molar-refractivity contribution >= 4 is 0 Å². The van der Waals surface area contributed by atoms with Crippen molar-refractivity contribution in [3.05, 3.63) is 23.8 Å². The zero-order chi connectivity index (χ0) is 16.9. The molecule has 5 nitrogen and oxygen atoms in total. The predicted molar refractivity (Wildman–Crippen MR) is 96.8 cm³/mol. The molecule has 3 aliphatic rings. The van der Waals surface area contributed by atoms with Gasteiger partial charge in [-0.05, 0) is 52.0 Å². The van der Waals surface area contributed by atoms with Gasteiger partial charge in [0.25, 0.3) is 0 Å². The highest BCUT2D eigenvalue weighted by atomic mass is 16.5. The van der Waals surface area contributed by atoms with Crippen molar-refractivity contribution in [2.75, 3.05) is 54.0 Å². The summed E-state index contributed by atoms with van der Waals surface area (Å²) in [6.07, 6.45) is 2.67. The molecule has 24 heavy (non-hydrogen) atoms. The molecule has 5 heteroatoms. The summed E-state index contributed by atoms with van der Waals surface area (Å²) < 4.78 is 11.6. The van der Waals surface area contributed by atoms with Crippen LogP contribution in [-0.2, 0) is 6.54 Å². The van der Waals surface area contributed by atoms with Gasteiger partial charge in [0.05, 0.1) is 7.11 Å². The number of methoxy groups -OCH3 is 1. The Morgan fingerprint density at radius 3 is 2.67 bits per heavy atom. The van der Waals surface area contributed by atoms with Crippen molar-refractivity contribution in [2.45, 2.75) is 25.4 Å². The molecule has 134 valence electrons. The Hall–Kier alpha value is -1.30. The number of para-hydroxylation sites is 1. The first-order chi connectivity index (χ1) is 11.7. The second-order valence-corrected chi connectivity index (χ2v) is 7.23. The van der Waals surface area contributed by atoms with E-state index in [4.69, 9.17) is 9.47 Å². The molecular formula is C19H31N3O2. The minimum absolute atomic E-state index is 0.605. The molecule has 3 fully saturated rings. The SMILES string of the molecule is COc1cccc(CN[C@H]2CN3CCC2CC3)c1OCCN(C)C. The van der Waals surface area contributed by atoms with Crippen LogP contribution in [0.15, 0.2) is 18.2 Å². The van der Waals surface area contributed by atoms with Gasteiger partial charge in [0.15, 0.2) is 11.5 Å². The molecule has 0 spiro atoms.